The normalized spacial score (nSPS) is 21.8. The number of nitrogens with one attached hydrogen (secondary N) is 1. The molecular formula is C25H36N4O2S. The topological polar surface area (TPSA) is 67.2 Å². The average molecular weight is 457 g/mol. The molecular weight excluding hydrogens is 420 g/mol. The van der Waals surface area contributed by atoms with Crippen molar-refractivity contribution in [2.45, 2.75) is 96.1 Å². The fraction of sp³-hybridized carbons (Fsp3) is 0.720. The number of piperidine rings is 1. The van der Waals surface area contributed by atoms with Crippen molar-refractivity contribution in [3.63, 3.8) is 0 Å². The third-order valence-corrected chi connectivity index (χ3v) is 9.19. The lowest BCUT2D eigenvalue weighted by molar-refractivity contribution is 0.0327. The Hall–Kier alpha value is -1.73. The molecule has 0 aromatic carbocycles. The van der Waals surface area contributed by atoms with Gasteiger partial charge in [0, 0.05) is 25.0 Å². The quantitative estimate of drug-likeness (QED) is 0.740. The summed E-state index contributed by atoms with van der Waals surface area (Å²) in [6.45, 7) is 5.68. The van der Waals surface area contributed by atoms with E-state index < -0.39 is 0 Å². The van der Waals surface area contributed by atoms with Crippen LogP contribution in [0.4, 0.5) is 0 Å². The molecule has 0 bridgehead atoms. The van der Waals surface area contributed by atoms with E-state index in [0.29, 0.717) is 16.8 Å². The van der Waals surface area contributed by atoms with Gasteiger partial charge in [-0.05, 0) is 64.1 Å². The Bertz CT molecular complexity index is 1040. The van der Waals surface area contributed by atoms with E-state index in [4.69, 9.17) is 4.98 Å². The largest absolute Gasteiger partial charge is 0.349 e. The summed E-state index contributed by atoms with van der Waals surface area (Å²) in [5, 5.41) is 3.95. The fourth-order valence-electron chi connectivity index (χ4n) is 6.13. The van der Waals surface area contributed by atoms with E-state index in [2.05, 4.69) is 10.2 Å². The lowest BCUT2D eigenvalue weighted by atomic mass is 9.79. The Balaban J connectivity index is 1.40. The van der Waals surface area contributed by atoms with Gasteiger partial charge in [-0.3, -0.25) is 19.1 Å². The fourth-order valence-corrected chi connectivity index (χ4v) is 7.24. The number of rotatable bonds is 4. The first-order valence-electron chi connectivity index (χ1n) is 12.7. The van der Waals surface area contributed by atoms with E-state index in [1.165, 1.54) is 62.7 Å². The van der Waals surface area contributed by atoms with Crippen LogP contribution in [0.1, 0.15) is 91.7 Å². The molecule has 6 nitrogen and oxygen atoms in total. The predicted molar refractivity (Wildman–Crippen MR) is 130 cm³/mol. The minimum absolute atomic E-state index is 0.0351. The molecule has 5 rings (SSSR count). The summed E-state index contributed by atoms with van der Waals surface area (Å²) in [6.07, 6.45) is 14.1. The maximum absolute atomic E-state index is 13.3. The van der Waals surface area contributed by atoms with E-state index in [1.807, 2.05) is 11.5 Å². The molecule has 4 heterocycles. The highest BCUT2D eigenvalue weighted by molar-refractivity contribution is 7.20. The van der Waals surface area contributed by atoms with Gasteiger partial charge in [0.25, 0.3) is 11.5 Å². The van der Waals surface area contributed by atoms with Crippen LogP contribution >= 0.6 is 11.3 Å². The van der Waals surface area contributed by atoms with E-state index in [0.717, 1.165) is 61.5 Å². The molecule has 0 atom stereocenters. The van der Waals surface area contributed by atoms with E-state index in [9.17, 15) is 9.59 Å². The second kappa shape index (κ2) is 9.26. The second-order valence-corrected chi connectivity index (χ2v) is 11.0. The van der Waals surface area contributed by atoms with Crippen LogP contribution in [-0.4, -0.2) is 45.5 Å². The first-order chi connectivity index (χ1) is 15.6. The third-order valence-electron chi connectivity index (χ3n) is 8.01. The molecule has 2 fully saturated rings. The summed E-state index contributed by atoms with van der Waals surface area (Å²) in [7, 11) is 0. The zero-order valence-electron chi connectivity index (χ0n) is 19.4. The minimum Gasteiger partial charge on any atom is -0.349 e. The van der Waals surface area contributed by atoms with Crippen molar-refractivity contribution in [1.82, 2.24) is 19.8 Å². The standard InChI is InChI=1S/C25H36N4O2S/c1-18-20-23(27-19-11-5-2-10-16-29(19)24(20)31)32-21(18)22(30)26-17-25(12-6-3-7-13-25)28-14-8-4-9-15-28/h2-17H2,1H3,(H,26,30). The predicted octanol–water partition coefficient (Wildman–Crippen LogP) is 4.41. The number of nitrogens with zero attached hydrogens (tertiary/aromatic N) is 3. The molecule has 174 valence electrons. The summed E-state index contributed by atoms with van der Waals surface area (Å²) in [4.78, 5) is 35.5. The highest BCUT2D eigenvalue weighted by atomic mass is 32.1. The molecule has 1 amide bonds. The number of thiophene rings is 1. The van der Waals surface area contributed by atoms with Gasteiger partial charge in [-0.2, -0.15) is 0 Å². The number of carbonyl (C=O) groups excluding carboxylic acids is 1. The summed E-state index contributed by atoms with van der Waals surface area (Å²) in [6, 6.07) is 0. The Labute approximate surface area is 194 Å². The number of aryl methyl sites for hydroxylation is 2. The monoisotopic (exact) mass is 456 g/mol. The van der Waals surface area contributed by atoms with Gasteiger partial charge in [0.1, 0.15) is 10.7 Å². The Morgan fingerprint density at radius 3 is 2.47 bits per heavy atom. The Morgan fingerprint density at radius 2 is 1.69 bits per heavy atom. The van der Waals surface area contributed by atoms with Crippen molar-refractivity contribution in [1.29, 1.82) is 0 Å². The molecule has 32 heavy (non-hydrogen) atoms. The molecule has 0 unspecified atom stereocenters. The van der Waals surface area contributed by atoms with Crippen LogP contribution in [0.2, 0.25) is 0 Å². The number of carbonyl (C=O) groups is 1. The molecule has 1 saturated heterocycles. The van der Waals surface area contributed by atoms with Crippen LogP contribution < -0.4 is 10.9 Å². The molecule has 0 radical (unpaired) electrons. The van der Waals surface area contributed by atoms with Crippen molar-refractivity contribution >= 4 is 27.5 Å². The van der Waals surface area contributed by atoms with Gasteiger partial charge in [-0.1, -0.05) is 32.1 Å². The third kappa shape index (κ3) is 4.03. The van der Waals surface area contributed by atoms with Crippen molar-refractivity contribution in [3.05, 3.63) is 26.6 Å². The minimum atomic E-state index is -0.0351. The van der Waals surface area contributed by atoms with Crippen LogP contribution in [0.3, 0.4) is 0 Å². The maximum Gasteiger partial charge on any atom is 0.262 e. The van der Waals surface area contributed by atoms with Crippen LogP contribution in [0, 0.1) is 6.92 Å². The Morgan fingerprint density at radius 1 is 1.00 bits per heavy atom. The van der Waals surface area contributed by atoms with Crippen molar-refractivity contribution in [2.75, 3.05) is 19.6 Å². The average Bonchev–Trinajstić information content (AvgIpc) is 2.99. The van der Waals surface area contributed by atoms with Gasteiger partial charge in [0.05, 0.1) is 10.3 Å². The van der Waals surface area contributed by atoms with Crippen molar-refractivity contribution < 1.29 is 4.79 Å². The lowest BCUT2D eigenvalue weighted by Crippen LogP contribution is -2.58. The van der Waals surface area contributed by atoms with Crippen molar-refractivity contribution in [3.8, 4) is 0 Å². The number of hydrogen-bond acceptors (Lipinski definition) is 5. The van der Waals surface area contributed by atoms with Gasteiger partial charge in [-0.25, -0.2) is 4.98 Å². The summed E-state index contributed by atoms with van der Waals surface area (Å²) < 4.78 is 1.85. The van der Waals surface area contributed by atoms with Gasteiger partial charge in [-0.15, -0.1) is 11.3 Å². The molecule has 1 N–H and O–H groups in total. The highest BCUT2D eigenvalue weighted by Gasteiger charge is 2.38. The number of aromatic nitrogens is 2. The molecule has 2 aromatic rings. The molecule has 1 aliphatic carbocycles. The van der Waals surface area contributed by atoms with Crippen LogP contribution in [-0.2, 0) is 13.0 Å². The summed E-state index contributed by atoms with van der Waals surface area (Å²) in [5.74, 6) is 0.853. The summed E-state index contributed by atoms with van der Waals surface area (Å²) in [5.41, 5.74) is 0.945. The number of hydrogen-bond donors (Lipinski definition) is 1. The molecule has 2 aromatic heterocycles. The number of likely N-dealkylation sites (tertiary alicyclic amines) is 1. The molecule has 7 heteroatoms. The van der Waals surface area contributed by atoms with Gasteiger partial charge in [0.2, 0.25) is 0 Å². The zero-order chi connectivity index (χ0) is 22.1. The van der Waals surface area contributed by atoms with Crippen LogP contribution in [0.15, 0.2) is 4.79 Å². The smallest absolute Gasteiger partial charge is 0.262 e. The highest BCUT2D eigenvalue weighted by Crippen LogP contribution is 2.35. The van der Waals surface area contributed by atoms with E-state index in [1.54, 1.807) is 0 Å². The van der Waals surface area contributed by atoms with E-state index >= 15 is 0 Å². The first-order valence-corrected chi connectivity index (χ1v) is 13.5. The second-order valence-electron chi connectivity index (χ2n) is 10.0. The SMILES string of the molecule is Cc1c(C(=O)NCC2(N3CCCCC3)CCCCC2)sc2nc3n(c(=O)c12)CCCCC3. The van der Waals surface area contributed by atoms with Gasteiger partial charge < -0.3 is 5.32 Å². The molecule has 0 spiro atoms. The Kier molecular flexibility index (Phi) is 6.39. The van der Waals surface area contributed by atoms with Gasteiger partial charge >= 0.3 is 0 Å². The molecule has 1 saturated carbocycles. The summed E-state index contributed by atoms with van der Waals surface area (Å²) >= 11 is 1.40. The van der Waals surface area contributed by atoms with Crippen LogP contribution in [0.5, 0.6) is 0 Å². The molecule has 2 aliphatic heterocycles. The van der Waals surface area contributed by atoms with Gasteiger partial charge in [0.15, 0.2) is 0 Å². The van der Waals surface area contributed by atoms with Crippen LogP contribution in [0.25, 0.3) is 10.2 Å². The number of amides is 1. The molecule has 3 aliphatic rings. The maximum atomic E-state index is 13.3. The zero-order valence-corrected chi connectivity index (χ0v) is 20.2. The number of fused-ring (bicyclic) bond motifs is 2. The lowest BCUT2D eigenvalue weighted by Gasteiger charge is -2.48. The van der Waals surface area contributed by atoms with E-state index in [-0.39, 0.29) is 17.0 Å². The first kappa shape index (κ1) is 22.1. The van der Waals surface area contributed by atoms with Crippen molar-refractivity contribution in [2.24, 2.45) is 0 Å².